The van der Waals surface area contributed by atoms with Crippen LogP contribution in [0.1, 0.15) is 36.8 Å². The van der Waals surface area contributed by atoms with Crippen molar-refractivity contribution >= 4 is 9.84 Å². The van der Waals surface area contributed by atoms with Crippen LogP contribution in [0.15, 0.2) is 52.3 Å². The normalized spacial score (nSPS) is 17.8. The summed E-state index contributed by atoms with van der Waals surface area (Å²) < 4.78 is 77.9. The van der Waals surface area contributed by atoms with Gasteiger partial charge in [-0.2, -0.15) is 13.2 Å². The highest BCUT2D eigenvalue weighted by molar-refractivity contribution is 7.91. The molecule has 3 rings (SSSR count). The number of aliphatic hydroxyl groups is 1. The van der Waals surface area contributed by atoms with E-state index < -0.39 is 33.0 Å². The summed E-state index contributed by atoms with van der Waals surface area (Å²) in [5, 5.41) is 9.67. The first kappa shape index (κ1) is 18.8. The second-order valence-electron chi connectivity index (χ2n) is 6.55. The molecule has 1 fully saturated rings. The van der Waals surface area contributed by atoms with Crippen LogP contribution in [0, 0.1) is 5.82 Å². The molecule has 140 valence electrons. The molecule has 1 aliphatic carbocycles. The number of benzene rings is 2. The molecule has 0 aromatic heterocycles. The van der Waals surface area contributed by atoms with Crippen LogP contribution in [-0.4, -0.2) is 19.7 Å². The molecule has 2 aromatic rings. The second-order valence-corrected chi connectivity index (χ2v) is 8.47. The summed E-state index contributed by atoms with van der Waals surface area (Å²) in [6.07, 6.45) is -3.37. The molecule has 0 unspecified atom stereocenters. The van der Waals surface area contributed by atoms with Gasteiger partial charge in [0.15, 0.2) is 5.60 Å². The standard InChI is InChI=1S/C18H16F4O3S/c1-17(23,18(20,21)22)12-4-7-14(8-5-12)26(24,25)16-9-6-13(19)10-15(16)11-2-3-11/h4-11,23H,2-3H2,1H3/t17-/m0/s1. The van der Waals surface area contributed by atoms with E-state index in [1.54, 1.807) is 0 Å². The third-order valence-electron chi connectivity index (χ3n) is 4.56. The van der Waals surface area contributed by atoms with Gasteiger partial charge in [-0.3, -0.25) is 0 Å². The van der Waals surface area contributed by atoms with E-state index in [1.165, 1.54) is 12.1 Å². The van der Waals surface area contributed by atoms with Crippen molar-refractivity contribution in [1.82, 2.24) is 0 Å². The van der Waals surface area contributed by atoms with Crippen LogP contribution in [0.4, 0.5) is 17.6 Å². The monoisotopic (exact) mass is 388 g/mol. The Hall–Kier alpha value is -1.93. The molecule has 3 nitrogen and oxygen atoms in total. The third-order valence-corrected chi connectivity index (χ3v) is 6.40. The maximum atomic E-state index is 13.5. The molecule has 1 saturated carbocycles. The lowest BCUT2D eigenvalue weighted by Crippen LogP contribution is -2.39. The molecule has 2 aromatic carbocycles. The quantitative estimate of drug-likeness (QED) is 0.627. The number of alkyl halides is 3. The van der Waals surface area contributed by atoms with Gasteiger partial charge in [-0.25, -0.2) is 12.8 Å². The Labute approximate surface area is 148 Å². The van der Waals surface area contributed by atoms with Crippen molar-refractivity contribution in [1.29, 1.82) is 0 Å². The van der Waals surface area contributed by atoms with Gasteiger partial charge >= 0.3 is 6.18 Å². The smallest absolute Gasteiger partial charge is 0.376 e. The minimum atomic E-state index is -4.90. The maximum Gasteiger partial charge on any atom is 0.421 e. The Kier molecular flexibility index (Phi) is 4.39. The molecule has 0 saturated heterocycles. The fourth-order valence-corrected chi connectivity index (χ4v) is 4.26. The van der Waals surface area contributed by atoms with E-state index >= 15 is 0 Å². The molecule has 0 amide bonds. The third kappa shape index (κ3) is 3.23. The van der Waals surface area contributed by atoms with Crippen LogP contribution in [0.5, 0.6) is 0 Å². The van der Waals surface area contributed by atoms with E-state index in [1.807, 2.05) is 0 Å². The second kappa shape index (κ2) is 6.06. The molecule has 8 heteroatoms. The van der Waals surface area contributed by atoms with Crippen molar-refractivity contribution < 1.29 is 31.1 Å². The molecular formula is C18H16F4O3S. The summed E-state index contributed by atoms with van der Waals surface area (Å²) in [4.78, 5) is -0.260. The molecule has 26 heavy (non-hydrogen) atoms. The van der Waals surface area contributed by atoms with Crippen molar-refractivity contribution in [2.24, 2.45) is 0 Å². The van der Waals surface area contributed by atoms with Crippen LogP contribution < -0.4 is 0 Å². The molecule has 1 atom stereocenters. The van der Waals surface area contributed by atoms with Crippen LogP contribution in [0.25, 0.3) is 0 Å². The first-order valence-corrected chi connectivity index (χ1v) is 9.37. The number of halogens is 4. The highest BCUT2D eigenvalue weighted by Crippen LogP contribution is 2.44. The van der Waals surface area contributed by atoms with E-state index in [-0.39, 0.29) is 15.7 Å². The van der Waals surface area contributed by atoms with E-state index in [2.05, 4.69) is 0 Å². The fourth-order valence-electron chi connectivity index (χ4n) is 2.73. The van der Waals surface area contributed by atoms with Gasteiger partial charge in [0.25, 0.3) is 0 Å². The predicted molar refractivity (Wildman–Crippen MR) is 85.9 cm³/mol. The van der Waals surface area contributed by atoms with Crippen molar-refractivity contribution in [3.8, 4) is 0 Å². The van der Waals surface area contributed by atoms with E-state index in [9.17, 15) is 31.1 Å². The highest BCUT2D eigenvalue weighted by atomic mass is 32.2. The van der Waals surface area contributed by atoms with Crippen LogP contribution in [0.2, 0.25) is 0 Å². The first-order chi connectivity index (χ1) is 11.9. The molecule has 0 heterocycles. The zero-order chi connectivity index (χ0) is 19.3. The summed E-state index contributed by atoms with van der Waals surface area (Å²) >= 11 is 0. The van der Waals surface area contributed by atoms with Crippen molar-refractivity contribution in [2.75, 3.05) is 0 Å². The van der Waals surface area contributed by atoms with Gasteiger partial charge in [-0.15, -0.1) is 0 Å². The van der Waals surface area contributed by atoms with Gasteiger partial charge in [-0.1, -0.05) is 12.1 Å². The van der Waals surface area contributed by atoms with E-state index in [4.69, 9.17) is 0 Å². The summed E-state index contributed by atoms with van der Waals surface area (Å²) in [5.41, 5.74) is -3.17. The number of rotatable bonds is 4. The molecule has 0 radical (unpaired) electrons. The zero-order valence-electron chi connectivity index (χ0n) is 13.7. The van der Waals surface area contributed by atoms with E-state index in [0.717, 1.165) is 43.2 Å². The Morgan fingerprint density at radius 3 is 2.12 bits per heavy atom. The first-order valence-electron chi connectivity index (χ1n) is 7.89. The maximum absolute atomic E-state index is 13.5. The average Bonchev–Trinajstić information content (AvgIpc) is 3.38. The number of sulfone groups is 1. The van der Waals surface area contributed by atoms with E-state index in [0.29, 0.717) is 12.5 Å². The summed E-state index contributed by atoms with van der Waals surface area (Å²) in [6.45, 7) is 0.599. The van der Waals surface area contributed by atoms with Crippen molar-refractivity contribution in [3.63, 3.8) is 0 Å². The molecule has 0 spiro atoms. The zero-order valence-corrected chi connectivity index (χ0v) is 14.5. The minimum absolute atomic E-state index is 0.0271. The largest absolute Gasteiger partial charge is 0.421 e. The Bertz CT molecular complexity index is 928. The van der Waals surface area contributed by atoms with Crippen LogP contribution in [-0.2, 0) is 15.4 Å². The molecular weight excluding hydrogens is 372 g/mol. The highest BCUT2D eigenvalue weighted by Gasteiger charge is 2.51. The predicted octanol–water partition coefficient (Wildman–Crippen LogP) is 4.31. The van der Waals surface area contributed by atoms with Crippen molar-refractivity contribution in [3.05, 3.63) is 59.4 Å². The topological polar surface area (TPSA) is 54.4 Å². The summed E-state index contributed by atoms with van der Waals surface area (Å²) in [7, 11) is -4.02. The SMILES string of the molecule is C[C@](O)(c1ccc(S(=O)(=O)c2ccc(F)cc2C2CC2)cc1)C(F)(F)F. The average molecular weight is 388 g/mol. The van der Waals surface area contributed by atoms with Gasteiger partial charge in [0.2, 0.25) is 9.84 Å². The Morgan fingerprint density at radius 2 is 1.62 bits per heavy atom. The van der Waals surface area contributed by atoms with Crippen LogP contribution in [0.3, 0.4) is 0 Å². The summed E-state index contributed by atoms with van der Waals surface area (Å²) in [5.74, 6) is -0.567. The number of hydrogen-bond acceptors (Lipinski definition) is 3. The van der Waals surface area contributed by atoms with Crippen molar-refractivity contribution in [2.45, 2.75) is 47.3 Å². The molecule has 1 aliphatic rings. The fraction of sp³-hybridized carbons (Fsp3) is 0.333. The van der Waals surface area contributed by atoms with Gasteiger partial charge < -0.3 is 5.11 Å². The van der Waals surface area contributed by atoms with Gasteiger partial charge in [0, 0.05) is 0 Å². The lowest BCUT2D eigenvalue weighted by molar-refractivity contribution is -0.258. The lowest BCUT2D eigenvalue weighted by Gasteiger charge is -2.26. The van der Waals surface area contributed by atoms with Gasteiger partial charge in [0.1, 0.15) is 5.82 Å². The Morgan fingerprint density at radius 1 is 1.04 bits per heavy atom. The molecule has 0 bridgehead atoms. The van der Waals surface area contributed by atoms with Gasteiger partial charge in [-0.05, 0) is 67.1 Å². The van der Waals surface area contributed by atoms with Crippen LogP contribution >= 0.6 is 0 Å². The minimum Gasteiger partial charge on any atom is -0.376 e. The molecule has 1 N–H and O–H groups in total. The summed E-state index contributed by atoms with van der Waals surface area (Å²) in [6, 6.07) is 7.31. The Balaban J connectivity index is 2.02. The van der Waals surface area contributed by atoms with Gasteiger partial charge in [0.05, 0.1) is 9.79 Å². The lowest BCUT2D eigenvalue weighted by atomic mass is 9.96. The molecule has 0 aliphatic heterocycles. The number of hydrogen-bond donors (Lipinski definition) is 1.